The van der Waals surface area contributed by atoms with Gasteiger partial charge in [0.15, 0.2) is 0 Å². The van der Waals surface area contributed by atoms with Crippen LogP contribution in [-0.4, -0.2) is 11.1 Å². The Labute approximate surface area is 66.8 Å². The van der Waals surface area contributed by atoms with Crippen molar-refractivity contribution in [1.29, 1.82) is 0 Å². The molecule has 0 fully saturated rings. The Morgan fingerprint density at radius 2 is 2.27 bits per heavy atom. The largest absolute Gasteiger partial charge is 0.289 e. The number of carbonyl (C=O) groups is 1. The van der Waals surface area contributed by atoms with E-state index in [0.717, 1.165) is 19.3 Å². The fourth-order valence-electron chi connectivity index (χ4n) is 0.536. The Hall–Kier alpha value is -1.01. The maximum Gasteiger partial charge on any atom is 0.255 e. The van der Waals surface area contributed by atoms with E-state index in [4.69, 9.17) is 5.21 Å². The third-order valence-corrected chi connectivity index (χ3v) is 1.15. The summed E-state index contributed by atoms with van der Waals surface area (Å²) in [5.41, 5.74) is 1.51. The molecular formula is C8H13NO2. The molecule has 0 aliphatic rings. The van der Waals surface area contributed by atoms with Crippen LogP contribution in [0, 0.1) is 11.8 Å². The van der Waals surface area contributed by atoms with Crippen molar-refractivity contribution in [1.82, 2.24) is 5.48 Å². The van der Waals surface area contributed by atoms with Crippen molar-refractivity contribution < 1.29 is 10.0 Å². The summed E-state index contributed by atoms with van der Waals surface area (Å²) in [7, 11) is 0. The van der Waals surface area contributed by atoms with E-state index in [1.807, 2.05) is 0 Å². The normalized spacial score (nSPS) is 8.18. The quantitative estimate of drug-likeness (QED) is 0.277. The van der Waals surface area contributed by atoms with Gasteiger partial charge in [-0.15, -0.1) is 5.92 Å². The van der Waals surface area contributed by atoms with Gasteiger partial charge in [0.05, 0.1) is 6.42 Å². The van der Waals surface area contributed by atoms with Gasteiger partial charge in [-0.05, 0) is 6.42 Å². The molecule has 0 radical (unpaired) electrons. The lowest BCUT2D eigenvalue weighted by Crippen LogP contribution is -2.16. The van der Waals surface area contributed by atoms with Gasteiger partial charge in [-0.25, -0.2) is 5.48 Å². The molecule has 0 aromatic carbocycles. The summed E-state index contributed by atoms with van der Waals surface area (Å²) in [6.45, 7) is 2.09. The van der Waals surface area contributed by atoms with Crippen LogP contribution in [0.5, 0.6) is 0 Å². The average molecular weight is 155 g/mol. The highest BCUT2D eigenvalue weighted by atomic mass is 16.5. The second-order valence-electron chi connectivity index (χ2n) is 2.17. The molecule has 0 aliphatic heterocycles. The smallest absolute Gasteiger partial charge is 0.255 e. The molecule has 11 heavy (non-hydrogen) atoms. The molecule has 0 aromatic rings. The zero-order valence-corrected chi connectivity index (χ0v) is 6.68. The minimum Gasteiger partial charge on any atom is -0.289 e. The molecule has 0 rings (SSSR count). The van der Waals surface area contributed by atoms with E-state index in [9.17, 15) is 4.79 Å². The summed E-state index contributed by atoms with van der Waals surface area (Å²) >= 11 is 0. The molecule has 0 spiro atoms. The average Bonchev–Trinajstić information content (AvgIpc) is 2.04. The summed E-state index contributed by atoms with van der Waals surface area (Å²) in [6, 6.07) is 0. The zero-order chi connectivity index (χ0) is 8.53. The Morgan fingerprint density at radius 3 is 2.82 bits per heavy atom. The van der Waals surface area contributed by atoms with E-state index < -0.39 is 5.91 Å². The van der Waals surface area contributed by atoms with Gasteiger partial charge < -0.3 is 0 Å². The molecule has 0 saturated heterocycles. The number of hydrogen-bond donors (Lipinski definition) is 2. The fraction of sp³-hybridized carbons (Fsp3) is 0.625. The highest BCUT2D eigenvalue weighted by Crippen LogP contribution is 1.90. The van der Waals surface area contributed by atoms with Crippen molar-refractivity contribution in [2.24, 2.45) is 0 Å². The Balaban J connectivity index is 3.32. The second kappa shape index (κ2) is 7.10. The third kappa shape index (κ3) is 6.88. The highest BCUT2D eigenvalue weighted by molar-refractivity contribution is 5.77. The molecule has 3 heteroatoms. The molecule has 1 amide bonds. The predicted octanol–water partition coefficient (Wildman–Crippen LogP) is 1.08. The SMILES string of the molecule is CCCCC#CCC(=O)NO. The summed E-state index contributed by atoms with van der Waals surface area (Å²) in [5, 5.41) is 8.07. The zero-order valence-electron chi connectivity index (χ0n) is 6.68. The van der Waals surface area contributed by atoms with E-state index in [1.54, 1.807) is 0 Å². The van der Waals surface area contributed by atoms with Crippen LogP contribution < -0.4 is 5.48 Å². The number of unbranched alkanes of at least 4 members (excludes halogenated alkanes) is 2. The molecule has 0 aliphatic carbocycles. The van der Waals surface area contributed by atoms with Crippen molar-refractivity contribution in [3.8, 4) is 11.8 Å². The van der Waals surface area contributed by atoms with Crippen LogP contribution in [0.4, 0.5) is 0 Å². The van der Waals surface area contributed by atoms with Gasteiger partial charge in [0.1, 0.15) is 0 Å². The first-order valence-corrected chi connectivity index (χ1v) is 3.70. The monoisotopic (exact) mass is 155 g/mol. The molecule has 2 N–H and O–H groups in total. The third-order valence-electron chi connectivity index (χ3n) is 1.15. The van der Waals surface area contributed by atoms with Gasteiger partial charge in [0, 0.05) is 6.42 Å². The second-order valence-corrected chi connectivity index (χ2v) is 2.17. The van der Waals surface area contributed by atoms with E-state index in [1.165, 1.54) is 5.48 Å². The molecule has 0 unspecified atom stereocenters. The fourth-order valence-corrected chi connectivity index (χ4v) is 0.536. The van der Waals surface area contributed by atoms with Gasteiger partial charge in [0.2, 0.25) is 0 Å². The summed E-state index contributed by atoms with van der Waals surface area (Å²) in [4.78, 5) is 10.4. The number of hydroxylamine groups is 1. The lowest BCUT2D eigenvalue weighted by molar-refractivity contribution is -0.128. The van der Waals surface area contributed by atoms with Gasteiger partial charge in [-0.3, -0.25) is 10.0 Å². The van der Waals surface area contributed by atoms with Crippen molar-refractivity contribution in [3.05, 3.63) is 0 Å². The lowest BCUT2D eigenvalue weighted by atomic mass is 10.2. The molecule has 0 saturated carbocycles. The van der Waals surface area contributed by atoms with Gasteiger partial charge in [0.25, 0.3) is 5.91 Å². The van der Waals surface area contributed by atoms with E-state index in [0.29, 0.717) is 0 Å². The van der Waals surface area contributed by atoms with Crippen LogP contribution in [0.15, 0.2) is 0 Å². The first kappa shape index (κ1) is 9.99. The van der Waals surface area contributed by atoms with E-state index in [-0.39, 0.29) is 6.42 Å². The number of hydrogen-bond acceptors (Lipinski definition) is 2. The first-order chi connectivity index (χ1) is 5.31. The molecule has 0 heterocycles. The van der Waals surface area contributed by atoms with Crippen LogP contribution in [-0.2, 0) is 4.79 Å². The van der Waals surface area contributed by atoms with Crippen LogP contribution >= 0.6 is 0 Å². The van der Waals surface area contributed by atoms with Gasteiger partial charge in [-0.1, -0.05) is 19.3 Å². The Kier molecular flexibility index (Phi) is 6.45. The maximum absolute atomic E-state index is 10.4. The van der Waals surface area contributed by atoms with Crippen LogP contribution in [0.2, 0.25) is 0 Å². The molecule has 62 valence electrons. The van der Waals surface area contributed by atoms with Crippen LogP contribution in [0.3, 0.4) is 0 Å². The number of carbonyl (C=O) groups excluding carboxylic acids is 1. The standard InChI is InChI=1S/C8H13NO2/c1-2-3-4-5-6-7-8(10)9-11/h11H,2-4,7H2,1H3,(H,9,10). The number of rotatable bonds is 3. The van der Waals surface area contributed by atoms with Crippen LogP contribution in [0.25, 0.3) is 0 Å². The van der Waals surface area contributed by atoms with Crippen molar-refractivity contribution in [3.63, 3.8) is 0 Å². The van der Waals surface area contributed by atoms with Crippen molar-refractivity contribution in [2.75, 3.05) is 0 Å². The predicted molar refractivity (Wildman–Crippen MR) is 41.8 cm³/mol. The number of amides is 1. The molecule has 0 atom stereocenters. The lowest BCUT2D eigenvalue weighted by Gasteiger charge is -1.88. The molecule has 3 nitrogen and oxygen atoms in total. The number of nitrogens with one attached hydrogen (secondary N) is 1. The first-order valence-electron chi connectivity index (χ1n) is 3.70. The van der Waals surface area contributed by atoms with Crippen molar-refractivity contribution >= 4 is 5.91 Å². The molecular weight excluding hydrogens is 142 g/mol. The topological polar surface area (TPSA) is 49.3 Å². The molecule has 0 bridgehead atoms. The summed E-state index contributed by atoms with van der Waals surface area (Å²) in [5.74, 6) is 5.03. The molecule has 0 aromatic heterocycles. The Morgan fingerprint density at radius 1 is 1.55 bits per heavy atom. The van der Waals surface area contributed by atoms with E-state index in [2.05, 4.69) is 18.8 Å². The highest BCUT2D eigenvalue weighted by Gasteiger charge is 1.91. The summed E-state index contributed by atoms with van der Waals surface area (Å²) in [6.07, 6.45) is 3.09. The van der Waals surface area contributed by atoms with E-state index >= 15 is 0 Å². The maximum atomic E-state index is 10.4. The Bertz CT molecular complexity index is 167. The van der Waals surface area contributed by atoms with Crippen molar-refractivity contribution in [2.45, 2.75) is 32.6 Å². The van der Waals surface area contributed by atoms with Gasteiger partial charge >= 0.3 is 0 Å². The van der Waals surface area contributed by atoms with Gasteiger partial charge in [-0.2, -0.15) is 0 Å². The minimum absolute atomic E-state index is 0.0835. The summed E-state index contributed by atoms with van der Waals surface area (Å²) < 4.78 is 0. The minimum atomic E-state index is -0.450. The van der Waals surface area contributed by atoms with Crippen LogP contribution in [0.1, 0.15) is 32.6 Å².